The van der Waals surface area contributed by atoms with Crippen molar-refractivity contribution < 1.29 is 0 Å². The number of hydrogen-bond acceptors (Lipinski definition) is 2. The van der Waals surface area contributed by atoms with Crippen molar-refractivity contribution in [2.75, 3.05) is 19.6 Å². The maximum atomic E-state index is 4.62. The molecule has 1 rings (SSSR count). The average molecular weight is 210 g/mol. The van der Waals surface area contributed by atoms with Gasteiger partial charge in [-0.3, -0.25) is 4.99 Å². The second-order valence-electron chi connectivity index (χ2n) is 6.20. The van der Waals surface area contributed by atoms with Crippen molar-refractivity contribution in [1.82, 2.24) is 4.90 Å². The first-order valence-electron chi connectivity index (χ1n) is 6.17. The summed E-state index contributed by atoms with van der Waals surface area (Å²) in [7, 11) is 0. The minimum Gasteiger partial charge on any atom is -0.358 e. The van der Waals surface area contributed by atoms with Crippen LogP contribution in [0.15, 0.2) is 4.99 Å². The van der Waals surface area contributed by atoms with Gasteiger partial charge in [-0.15, -0.1) is 0 Å². The Kier molecular flexibility index (Phi) is 4.18. The largest absolute Gasteiger partial charge is 0.358 e. The molecule has 1 aliphatic heterocycles. The Morgan fingerprint density at radius 1 is 1.33 bits per heavy atom. The van der Waals surface area contributed by atoms with Crippen LogP contribution in [0, 0.1) is 11.3 Å². The van der Waals surface area contributed by atoms with Gasteiger partial charge in [0, 0.05) is 19.5 Å². The van der Waals surface area contributed by atoms with Gasteiger partial charge >= 0.3 is 0 Å². The molecule has 0 aromatic rings. The Morgan fingerprint density at radius 3 is 2.53 bits per heavy atom. The van der Waals surface area contributed by atoms with Crippen molar-refractivity contribution in [3.63, 3.8) is 0 Å². The van der Waals surface area contributed by atoms with E-state index in [1.165, 1.54) is 18.8 Å². The molecular weight excluding hydrogens is 184 g/mol. The molecule has 88 valence electrons. The second kappa shape index (κ2) is 5.00. The van der Waals surface area contributed by atoms with E-state index in [1.807, 2.05) is 0 Å². The quantitative estimate of drug-likeness (QED) is 0.696. The fraction of sp³-hybridized carbons (Fsp3) is 0.923. The van der Waals surface area contributed by atoms with Gasteiger partial charge in [0.15, 0.2) is 0 Å². The Bertz CT molecular complexity index is 223. The lowest BCUT2D eigenvalue weighted by molar-refractivity contribution is 0.369. The maximum Gasteiger partial charge on any atom is 0.0995 e. The predicted molar refractivity (Wildman–Crippen MR) is 67.4 cm³/mol. The normalized spacial score (nSPS) is 17.5. The molecule has 0 bridgehead atoms. The van der Waals surface area contributed by atoms with Gasteiger partial charge in [0.1, 0.15) is 0 Å². The zero-order chi connectivity index (χ0) is 11.5. The van der Waals surface area contributed by atoms with Crippen LogP contribution in [-0.4, -0.2) is 30.4 Å². The summed E-state index contributed by atoms with van der Waals surface area (Å²) in [6.07, 6.45) is 2.40. The van der Waals surface area contributed by atoms with Crippen LogP contribution in [-0.2, 0) is 0 Å². The Labute approximate surface area is 94.8 Å². The fourth-order valence-corrected chi connectivity index (χ4v) is 1.83. The fourth-order valence-electron chi connectivity index (χ4n) is 1.83. The molecule has 15 heavy (non-hydrogen) atoms. The molecule has 2 nitrogen and oxygen atoms in total. The highest BCUT2D eigenvalue weighted by molar-refractivity contribution is 5.84. The van der Waals surface area contributed by atoms with Gasteiger partial charge in [-0.25, -0.2) is 0 Å². The zero-order valence-electron chi connectivity index (χ0n) is 11.0. The minimum absolute atomic E-state index is 0.360. The molecule has 1 heterocycles. The van der Waals surface area contributed by atoms with E-state index < -0.39 is 0 Å². The zero-order valence-corrected chi connectivity index (χ0v) is 11.0. The van der Waals surface area contributed by atoms with Crippen molar-refractivity contribution in [3.8, 4) is 0 Å². The number of nitrogens with zero attached hydrogens (tertiary/aromatic N) is 2. The number of hydrogen-bond donors (Lipinski definition) is 0. The number of amidine groups is 1. The van der Waals surface area contributed by atoms with Crippen LogP contribution in [0.25, 0.3) is 0 Å². The highest BCUT2D eigenvalue weighted by Crippen LogP contribution is 2.22. The minimum atomic E-state index is 0.360. The topological polar surface area (TPSA) is 15.6 Å². The van der Waals surface area contributed by atoms with Crippen LogP contribution >= 0.6 is 0 Å². The molecule has 0 unspecified atom stereocenters. The first-order chi connectivity index (χ1) is 6.88. The average Bonchev–Trinajstić information content (AvgIpc) is 2.45. The Hall–Kier alpha value is -0.530. The second-order valence-corrected chi connectivity index (χ2v) is 6.20. The van der Waals surface area contributed by atoms with Crippen molar-refractivity contribution in [2.45, 2.75) is 47.5 Å². The molecule has 1 aliphatic rings. The SMILES string of the molecule is CC(C)CCN1CCN=C1CC(C)(C)C. The van der Waals surface area contributed by atoms with Gasteiger partial charge in [0.25, 0.3) is 0 Å². The molecule has 0 fully saturated rings. The summed E-state index contributed by atoms with van der Waals surface area (Å²) in [5.41, 5.74) is 0.360. The molecule has 0 aromatic carbocycles. The summed E-state index contributed by atoms with van der Waals surface area (Å²) >= 11 is 0. The van der Waals surface area contributed by atoms with E-state index in [4.69, 9.17) is 0 Å². The van der Waals surface area contributed by atoms with E-state index in [0.717, 1.165) is 25.4 Å². The predicted octanol–water partition coefficient (Wildman–Crippen LogP) is 3.18. The lowest BCUT2D eigenvalue weighted by atomic mass is 9.91. The summed E-state index contributed by atoms with van der Waals surface area (Å²) < 4.78 is 0. The molecule has 0 aliphatic carbocycles. The Balaban J connectivity index is 2.42. The number of rotatable bonds is 4. The van der Waals surface area contributed by atoms with Crippen molar-refractivity contribution >= 4 is 5.84 Å². The van der Waals surface area contributed by atoms with Crippen molar-refractivity contribution in [3.05, 3.63) is 0 Å². The summed E-state index contributed by atoms with van der Waals surface area (Å²) in [6.45, 7) is 14.8. The summed E-state index contributed by atoms with van der Waals surface area (Å²) in [5, 5.41) is 0. The van der Waals surface area contributed by atoms with Gasteiger partial charge in [0.05, 0.1) is 12.4 Å². The van der Waals surface area contributed by atoms with Gasteiger partial charge in [-0.05, 0) is 17.8 Å². The van der Waals surface area contributed by atoms with Crippen LogP contribution < -0.4 is 0 Å². The van der Waals surface area contributed by atoms with E-state index >= 15 is 0 Å². The van der Waals surface area contributed by atoms with Gasteiger partial charge < -0.3 is 4.90 Å². The van der Waals surface area contributed by atoms with Crippen LogP contribution in [0.4, 0.5) is 0 Å². The molecule has 0 N–H and O–H groups in total. The molecule has 0 saturated heterocycles. The highest BCUT2D eigenvalue weighted by Gasteiger charge is 2.22. The molecule has 0 aromatic heterocycles. The number of aliphatic imine (C=N–C) groups is 1. The first kappa shape index (κ1) is 12.5. The molecular formula is C13H26N2. The lowest BCUT2D eigenvalue weighted by Gasteiger charge is -2.26. The van der Waals surface area contributed by atoms with E-state index in [0.29, 0.717) is 5.41 Å². The third-order valence-electron chi connectivity index (χ3n) is 2.69. The van der Waals surface area contributed by atoms with E-state index in [9.17, 15) is 0 Å². The van der Waals surface area contributed by atoms with Gasteiger partial charge in [0.2, 0.25) is 0 Å². The van der Waals surface area contributed by atoms with Crippen LogP contribution in [0.5, 0.6) is 0 Å². The third kappa shape index (κ3) is 4.67. The Morgan fingerprint density at radius 2 is 2.00 bits per heavy atom. The monoisotopic (exact) mass is 210 g/mol. The molecule has 0 amide bonds. The lowest BCUT2D eigenvalue weighted by Crippen LogP contribution is -2.32. The standard InChI is InChI=1S/C13H26N2/c1-11(2)6-8-15-9-7-14-12(15)10-13(3,4)5/h11H,6-10H2,1-5H3. The molecule has 2 heteroatoms. The molecule has 0 spiro atoms. The maximum absolute atomic E-state index is 4.62. The summed E-state index contributed by atoms with van der Waals surface area (Å²) in [5.74, 6) is 2.13. The highest BCUT2D eigenvalue weighted by atomic mass is 15.2. The van der Waals surface area contributed by atoms with Crippen LogP contribution in [0.3, 0.4) is 0 Å². The first-order valence-corrected chi connectivity index (χ1v) is 6.17. The smallest absolute Gasteiger partial charge is 0.0995 e. The van der Waals surface area contributed by atoms with E-state index in [2.05, 4.69) is 44.5 Å². The molecule has 0 atom stereocenters. The van der Waals surface area contributed by atoms with Crippen molar-refractivity contribution in [1.29, 1.82) is 0 Å². The van der Waals surface area contributed by atoms with Gasteiger partial charge in [-0.1, -0.05) is 34.6 Å². The van der Waals surface area contributed by atoms with Gasteiger partial charge in [-0.2, -0.15) is 0 Å². The third-order valence-corrected chi connectivity index (χ3v) is 2.69. The summed E-state index contributed by atoms with van der Waals surface area (Å²) in [4.78, 5) is 7.10. The van der Waals surface area contributed by atoms with Crippen molar-refractivity contribution in [2.24, 2.45) is 16.3 Å². The molecule has 0 radical (unpaired) electrons. The van der Waals surface area contributed by atoms with E-state index in [-0.39, 0.29) is 0 Å². The molecule has 0 saturated carbocycles. The van der Waals surface area contributed by atoms with Crippen LogP contribution in [0.1, 0.15) is 47.5 Å². The summed E-state index contributed by atoms with van der Waals surface area (Å²) in [6, 6.07) is 0. The van der Waals surface area contributed by atoms with E-state index in [1.54, 1.807) is 0 Å². The van der Waals surface area contributed by atoms with Crippen LogP contribution in [0.2, 0.25) is 0 Å².